The van der Waals surface area contributed by atoms with Crippen LogP contribution in [0.5, 0.6) is 17.2 Å². The molecule has 0 unspecified atom stereocenters. The van der Waals surface area contributed by atoms with Gasteiger partial charge in [-0.2, -0.15) is 0 Å². The zero-order valence-electron chi connectivity index (χ0n) is 13.6. The molecule has 132 valence electrons. The molecule has 0 saturated carbocycles. The molecule has 0 aliphatic rings. The Labute approximate surface area is 142 Å². The average molecular weight is 349 g/mol. The number of benzene rings is 1. The standard InChI is InChI=1S/C16H16FN3O5/c1-23-15-6-12-13(7-16(15)24-2)19-4-3-14(12)25-9-10(17)5-11(8-18)20(21)22/h3-8H,9,18H2,1-2H3/b10-5+,11-8+. The van der Waals surface area contributed by atoms with Crippen LogP contribution >= 0.6 is 0 Å². The molecule has 9 heteroatoms. The molecule has 0 atom stereocenters. The molecule has 0 saturated heterocycles. The van der Waals surface area contributed by atoms with Gasteiger partial charge in [0.15, 0.2) is 11.5 Å². The first kappa shape index (κ1) is 18.0. The summed E-state index contributed by atoms with van der Waals surface area (Å²) in [6.07, 6.45) is 2.90. The Morgan fingerprint density at radius 3 is 2.60 bits per heavy atom. The van der Waals surface area contributed by atoms with Gasteiger partial charge in [-0.15, -0.1) is 0 Å². The van der Waals surface area contributed by atoms with Gasteiger partial charge in [-0.05, 0) is 12.1 Å². The maximum absolute atomic E-state index is 13.8. The van der Waals surface area contributed by atoms with Gasteiger partial charge in [-0.25, -0.2) is 4.39 Å². The van der Waals surface area contributed by atoms with Crippen molar-refractivity contribution in [1.82, 2.24) is 4.98 Å². The Balaban J connectivity index is 2.29. The summed E-state index contributed by atoms with van der Waals surface area (Å²) in [5.74, 6) is 0.452. The number of ether oxygens (including phenoxy) is 3. The van der Waals surface area contributed by atoms with E-state index in [0.717, 1.165) is 0 Å². The first-order chi connectivity index (χ1) is 12.0. The second-order valence-electron chi connectivity index (χ2n) is 4.76. The van der Waals surface area contributed by atoms with Crippen LogP contribution in [0.3, 0.4) is 0 Å². The number of hydrogen-bond acceptors (Lipinski definition) is 7. The SMILES string of the molecule is COc1cc2nccc(OC/C(F)=C\C(=C/N)[N+](=O)[O-])c2cc1OC. The summed E-state index contributed by atoms with van der Waals surface area (Å²) in [5.41, 5.74) is 5.07. The molecule has 2 N–H and O–H groups in total. The van der Waals surface area contributed by atoms with Crippen LogP contribution in [0.25, 0.3) is 10.9 Å². The van der Waals surface area contributed by atoms with Crippen molar-refractivity contribution in [2.75, 3.05) is 20.8 Å². The number of nitro groups is 1. The van der Waals surface area contributed by atoms with Gasteiger partial charge in [0.05, 0.1) is 36.9 Å². The van der Waals surface area contributed by atoms with E-state index in [1.54, 1.807) is 18.2 Å². The van der Waals surface area contributed by atoms with Crippen LogP contribution in [0.4, 0.5) is 4.39 Å². The minimum Gasteiger partial charge on any atom is -0.493 e. The van der Waals surface area contributed by atoms with Crippen molar-refractivity contribution in [3.8, 4) is 17.2 Å². The van der Waals surface area contributed by atoms with E-state index < -0.39 is 23.1 Å². The van der Waals surface area contributed by atoms with Crippen molar-refractivity contribution in [2.24, 2.45) is 5.73 Å². The van der Waals surface area contributed by atoms with Crippen LogP contribution in [0.15, 0.2) is 48.2 Å². The Morgan fingerprint density at radius 1 is 1.32 bits per heavy atom. The third-order valence-corrected chi connectivity index (χ3v) is 3.26. The maximum atomic E-state index is 13.8. The third kappa shape index (κ3) is 4.14. The van der Waals surface area contributed by atoms with Crippen molar-refractivity contribution in [3.63, 3.8) is 0 Å². The number of rotatable bonds is 7. The molecule has 8 nitrogen and oxygen atoms in total. The Hall–Kier alpha value is -3.36. The summed E-state index contributed by atoms with van der Waals surface area (Å²) in [7, 11) is 2.99. The molecule has 0 spiro atoms. The van der Waals surface area contributed by atoms with Crippen molar-refractivity contribution in [1.29, 1.82) is 0 Å². The first-order valence-corrected chi connectivity index (χ1v) is 7.06. The van der Waals surface area contributed by atoms with Crippen molar-refractivity contribution in [3.05, 3.63) is 58.3 Å². The van der Waals surface area contributed by atoms with Gasteiger partial charge in [-0.3, -0.25) is 15.1 Å². The summed E-state index contributed by atoms with van der Waals surface area (Å²) < 4.78 is 29.7. The summed E-state index contributed by atoms with van der Waals surface area (Å²) in [6, 6.07) is 4.87. The number of allylic oxidation sites excluding steroid dienone is 1. The molecule has 2 aromatic rings. The molecule has 1 aromatic heterocycles. The largest absolute Gasteiger partial charge is 0.493 e. The highest BCUT2D eigenvalue weighted by atomic mass is 19.1. The van der Waals surface area contributed by atoms with Crippen molar-refractivity contribution >= 4 is 10.9 Å². The minimum atomic E-state index is -0.848. The molecule has 1 aromatic carbocycles. The Morgan fingerprint density at radius 2 is 2.00 bits per heavy atom. The average Bonchev–Trinajstić information content (AvgIpc) is 2.62. The second-order valence-corrected chi connectivity index (χ2v) is 4.76. The summed E-state index contributed by atoms with van der Waals surface area (Å²) in [6.45, 7) is -0.501. The molecule has 25 heavy (non-hydrogen) atoms. The molecule has 0 fully saturated rings. The molecule has 0 bridgehead atoms. The first-order valence-electron chi connectivity index (χ1n) is 7.06. The van der Waals surface area contributed by atoms with Crippen LogP contribution in [-0.2, 0) is 0 Å². The molecule has 2 rings (SSSR count). The number of fused-ring (bicyclic) bond motifs is 1. The highest BCUT2D eigenvalue weighted by Crippen LogP contribution is 2.35. The molecular formula is C16H16FN3O5. The molecule has 0 amide bonds. The highest BCUT2D eigenvalue weighted by molar-refractivity contribution is 5.88. The zero-order chi connectivity index (χ0) is 18.4. The lowest BCUT2D eigenvalue weighted by Gasteiger charge is -2.12. The second kappa shape index (κ2) is 7.95. The summed E-state index contributed by atoms with van der Waals surface area (Å²) in [4.78, 5) is 14.0. The number of hydrogen-bond donors (Lipinski definition) is 1. The molecule has 0 aliphatic heterocycles. The smallest absolute Gasteiger partial charge is 0.287 e. The van der Waals surface area contributed by atoms with Gasteiger partial charge in [-0.1, -0.05) is 0 Å². The van der Waals surface area contributed by atoms with E-state index in [0.29, 0.717) is 40.4 Å². The predicted octanol–water partition coefficient (Wildman–Crippen LogP) is 2.56. The van der Waals surface area contributed by atoms with Gasteiger partial charge in [0.2, 0.25) is 0 Å². The third-order valence-electron chi connectivity index (χ3n) is 3.26. The summed E-state index contributed by atoms with van der Waals surface area (Å²) >= 11 is 0. The minimum absolute atomic E-state index is 0.342. The lowest BCUT2D eigenvalue weighted by molar-refractivity contribution is -0.419. The number of halogens is 1. The van der Waals surface area contributed by atoms with Gasteiger partial charge < -0.3 is 19.9 Å². The van der Waals surface area contributed by atoms with Gasteiger partial charge in [0.25, 0.3) is 5.70 Å². The Kier molecular flexibility index (Phi) is 5.72. The quantitative estimate of drug-likeness (QED) is 0.465. The monoisotopic (exact) mass is 349 g/mol. The van der Waals surface area contributed by atoms with Crippen molar-refractivity contribution < 1.29 is 23.5 Å². The normalized spacial score (nSPS) is 12.1. The number of pyridine rings is 1. The van der Waals surface area contributed by atoms with Gasteiger partial charge in [0.1, 0.15) is 18.2 Å². The zero-order valence-corrected chi connectivity index (χ0v) is 13.6. The molecular weight excluding hydrogens is 333 g/mol. The summed E-state index contributed by atoms with van der Waals surface area (Å²) in [5, 5.41) is 11.2. The van der Waals surface area contributed by atoms with Gasteiger partial charge >= 0.3 is 0 Å². The number of nitrogens with two attached hydrogens (primary N) is 1. The molecule has 1 heterocycles. The van der Waals surface area contributed by atoms with E-state index in [1.165, 1.54) is 20.4 Å². The maximum Gasteiger partial charge on any atom is 0.287 e. The van der Waals surface area contributed by atoms with E-state index in [-0.39, 0.29) is 0 Å². The lowest BCUT2D eigenvalue weighted by Crippen LogP contribution is -2.03. The lowest BCUT2D eigenvalue weighted by atomic mass is 10.2. The Bertz CT molecular complexity index is 851. The fourth-order valence-corrected chi connectivity index (χ4v) is 2.08. The number of aromatic nitrogens is 1. The van der Waals surface area contributed by atoms with Crippen LogP contribution in [0.2, 0.25) is 0 Å². The number of methoxy groups -OCH3 is 2. The fourth-order valence-electron chi connectivity index (χ4n) is 2.08. The van der Waals surface area contributed by atoms with Gasteiger partial charge in [0, 0.05) is 17.6 Å². The van der Waals surface area contributed by atoms with E-state index in [1.807, 2.05) is 0 Å². The fraction of sp³-hybridized carbons (Fsp3) is 0.188. The van der Waals surface area contributed by atoms with E-state index in [4.69, 9.17) is 19.9 Å². The highest BCUT2D eigenvalue weighted by Gasteiger charge is 2.12. The molecule has 0 radical (unpaired) electrons. The number of nitrogens with zero attached hydrogens (tertiary/aromatic N) is 2. The molecule has 0 aliphatic carbocycles. The van der Waals surface area contributed by atoms with Crippen LogP contribution in [0, 0.1) is 10.1 Å². The van der Waals surface area contributed by atoms with E-state index >= 15 is 0 Å². The van der Waals surface area contributed by atoms with Crippen LogP contribution < -0.4 is 19.9 Å². The van der Waals surface area contributed by atoms with E-state index in [9.17, 15) is 14.5 Å². The topological polar surface area (TPSA) is 110 Å². The van der Waals surface area contributed by atoms with Crippen LogP contribution in [-0.4, -0.2) is 30.7 Å². The predicted molar refractivity (Wildman–Crippen MR) is 88.8 cm³/mol. The van der Waals surface area contributed by atoms with Crippen molar-refractivity contribution in [2.45, 2.75) is 0 Å². The van der Waals surface area contributed by atoms with Crippen LogP contribution in [0.1, 0.15) is 0 Å². The van der Waals surface area contributed by atoms with E-state index in [2.05, 4.69) is 4.98 Å².